The van der Waals surface area contributed by atoms with Gasteiger partial charge in [0, 0.05) is 50.0 Å². The van der Waals surface area contributed by atoms with Crippen LogP contribution in [-0.4, -0.2) is 98.3 Å². The summed E-state index contributed by atoms with van der Waals surface area (Å²) in [7, 11) is 1.51. The number of rotatable bonds is 9. The number of likely N-dealkylation sites (tertiary alicyclic amines) is 1. The van der Waals surface area contributed by atoms with E-state index in [0.29, 0.717) is 62.1 Å². The molecule has 246 valence electrons. The van der Waals surface area contributed by atoms with Crippen molar-refractivity contribution >= 4 is 40.9 Å². The largest absolute Gasteiger partial charge is 0.495 e. The van der Waals surface area contributed by atoms with Gasteiger partial charge in [-0.05, 0) is 53.4 Å². The summed E-state index contributed by atoms with van der Waals surface area (Å²) in [5.74, 6) is -1.86. The molecule has 0 aliphatic carbocycles. The van der Waals surface area contributed by atoms with Gasteiger partial charge >= 0.3 is 12.0 Å². The molecule has 0 bridgehead atoms. The number of carbonyl (C=O) groups is 4. The van der Waals surface area contributed by atoms with Crippen molar-refractivity contribution in [2.45, 2.75) is 18.8 Å². The van der Waals surface area contributed by atoms with E-state index in [9.17, 15) is 24.3 Å². The number of carboxylic acids is 1. The molecule has 2 fully saturated rings. The number of nitrogens with zero attached hydrogens (tertiary/aromatic N) is 3. The molecule has 12 heteroatoms. The van der Waals surface area contributed by atoms with Gasteiger partial charge in [-0.3, -0.25) is 24.2 Å². The van der Waals surface area contributed by atoms with Crippen molar-refractivity contribution < 1.29 is 33.8 Å². The van der Waals surface area contributed by atoms with Crippen LogP contribution in [0.4, 0.5) is 21.9 Å². The van der Waals surface area contributed by atoms with Crippen LogP contribution < -0.4 is 20.3 Å². The molecule has 2 unspecified atom stereocenters. The fraction of sp³-hybridized carbons (Fsp3) is 0.371. The highest BCUT2D eigenvalue weighted by molar-refractivity contribution is 6.04. The highest BCUT2D eigenvalue weighted by atomic mass is 16.5. The Bertz CT molecular complexity index is 1640. The Morgan fingerprint density at radius 1 is 0.936 bits per heavy atom. The number of urea groups is 1. The van der Waals surface area contributed by atoms with Gasteiger partial charge in [0.15, 0.2) is 0 Å². The fourth-order valence-electron chi connectivity index (χ4n) is 6.53. The Hall–Kier alpha value is -4.94. The molecule has 2 atom stereocenters. The molecule has 0 spiro atoms. The zero-order chi connectivity index (χ0) is 32.9. The minimum atomic E-state index is -0.934. The first-order valence-corrected chi connectivity index (χ1v) is 15.8. The van der Waals surface area contributed by atoms with Crippen LogP contribution in [0.3, 0.4) is 0 Å². The lowest BCUT2D eigenvalue weighted by molar-refractivity contribution is -0.142. The second-order valence-corrected chi connectivity index (χ2v) is 12.1. The molecule has 0 saturated carbocycles. The number of hydrogen-bond acceptors (Lipinski definition) is 7. The number of carbonyl (C=O) groups excluding carboxylic acids is 3. The van der Waals surface area contributed by atoms with Gasteiger partial charge in [0.2, 0.25) is 11.8 Å². The lowest BCUT2D eigenvalue weighted by Crippen LogP contribution is -2.44. The zero-order valence-electron chi connectivity index (χ0n) is 26.3. The smallest absolute Gasteiger partial charge is 0.326 e. The maximum Gasteiger partial charge on any atom is 0.326 e. The molecule has 4 amide bonds. The van der Waals surface area contributed by atoms with Crippen molar-refractivity contribution in [1.82, 2.24) is 9.80 Å². The topological polar surface area (TPSA) is 141 Å². The van der Waals surface area contributed by atoms with E-state index in [1.807, 2.05) is 41.3 Å². The van der Waals surface area contributed by atoms with Gasteiger partial charge in [-0.15, -0.1) is 0 Å². The summed E-state index contributed by atoms with van der Waals surface area (Å²) in [5.41, 5.74) is 4.62. The lowest BCUT2D eigenvalue weighted by Gasteiger charge is -2.28. The SMILES string of the molecule is COc1cc(CC(=O)Nc2ccc(C3CN(C(=O)CN4CCOCC4)CC3C(=O)O)cc2)ccc1NC(=O)N1CCc2ccccc21. The highest BCUT2D eigenvalue weighted by Gasteiger charge is 2.40. The van der Waals surface area contributed by atoms with Crippen LogP contribution in [0.25, 0.3) is 0 Å². The number of anilines is 3. The molecule has 3 aromatic carbocycles. The molecule has 3 heterocycles. The summed E-state index contributed by atoms with van der Waals surface area (Å²) in [6, 6.07) is 19.9. The Morgan fingerprint density at radius 3 is 2.45 bits per heavy atom. The van der Waals surface area contributed by atoms with E-state index in [4.69, 9.17) is 9.47 Å². The molecule has 3 N–H and O–H groups in total. The summed E-state index contributed by atoms with van der Waals surface area (Å²) in [5, 5.41) is 15.7. The Morgan fingerprint density at radius 2 is 1.70 bits per heavy atom. The van der Waals surface area contributed by atoms with Crippen molar-refractivity contribution in [2.24, 2.45) is 5.92 Å². The second kappa shape index (κ2) is 14.2. The quantitative estimate of drug-likeness (QED) is 0.323. The molecule has 0 aromatic heterocycles. The Kier molecular flexibility index (Phi) is 9.69. The number of morpholine rings is 1. The van der Waals surface area contributed by atoms with Gasteiger partial charge in [0.25, 0.3) is 0 Å². The number of fused-ring (bicyclic) bond motifs is 1. The van der Waals surface area contributed by atoms with Crippen LogP contribution in [0.2, 0.25) is 0 Å². The normalized spacial score (nSPS) is 19.3. The number of methoxy groups -OCH3 is 1. The minimum Gasteiger partial charge on any atom is -0.495 e. The number of nitrogens with one attached hydrogen (secondary N) is 2. The zero-order valence-corrected chi connectivity index (χ0v) is 26.3. The standard InChI is InChI=1S/C35H39N5O7/c1-46-31-18-23(6-11-29(31)37-35(45)40-13-12-25-4-2-3-5-30(25)40)19-32(41)36-26-9-7-24(8-10-26)27-20-39(21-28(27)34(43)44)33(42)22-38-14-16-47-17-15-38/h2-11,18,27-28H,12-17,19-22H2,1H3,(H,36,41)(H,37,45)(H,43,44). The number of carboxylic acid groups (broad SMARTS) is 1. The Labute approximate surface area is 273 Å². The van der Waals surface area contributed by atoms with E-state index >= 15 is 0 Å². The summed E-state index contributed by atoms with van der Waals surface area (Å²) in [6.07, 6.45) is 0.881. The van der Waals surface area contributed by atoms with Crippen LogP contribution in [0.15, 0.2) is 66.7 Å². The van der Waals surface area contributed by atoms with E-state index in [-0.39, 0.29) is 43.3 Å². The number of aliphatic carboxylic acids is 1. The third-order valence-electron chi connectivity index (χ3n) is 9.08. The van der Waals surface area contributed by atoms with Gasteiger partial charge in [0.05, 0.1) is 44.9 Å². The van der Waals surface area contributed by atoms with Crippen LogP contribution in [0, 0.1) is 5.92 Å². The van der Waals surface area contributed by atoms with E-state index in [0.717, 1.165) is 23.2 Å². The van der Waals surface area contributed by atoms with Gasteiger partial charge in [-0.25, -0.2) is 4.79 Å². The van der Waals surface area contributed by atoms with Crippen LogP contribution in [0.1, 0.15) is 22.6 Å². The van der Waals surface area contributed by atoms with Crippen LogP contribution >= 0.6 is 0 Å². The lowest BCUT2D eigenvalue weighted by atomic mass is 9.89. The van der Waals surface area contributed by atoms with Gasteiger partial charge in [-0.1, -0.05) is 36.4 Å². The van der Waals surface area contributed by atoms with E-state index in [1.54, 1.807) is 40.1 Å². The van der Waals surface area contributed by atoms with Crippen LogP contribution in [0.5, 0.6) is 5.75 Å². The predicted octanol–water partition coefficient (Wildman–Crippen LogP) is 3.43. The molecule has 3 aliphatic heterocycles. The first-order valence-electron chi connectivity index (χ1n) is 15.8. The summed E-state index contributed by atoms with van der Waals surface area (Å²) < 4.78 is 10.9. The van der Waals surface area contributed by atoms with Gasteiger partial charge in [-0.2, -0.15) is 0 Å². The average Bonchev–Trinajstić information content (AvgIpc) is 3.72. The molecule has 47 heavy (non-hydrogen) atoms. The first-order chi connectivity index (χ1) is 22.8. The van der Waals surface area contributed by atoms with E-state index in [2.05, 4.69) is 10.6 Å². The molecule has 6 rings (SSSR count). The number of benzene rings is 3. The first kappa shape index (κ1) is 32.0. The van der Waals surface area contributed by atoms with Crippen molar-refractivity contribution in [3.05, 3.63) is 83.4 Å². The monoisotopic (exact) mass is 641 g/mol. The number of ether oxygens (including phenoxy) is 2. The molecule has 3 aliphatic rings. The summed E-state index contributed by atoms with van der Waals surface area (Å²) in [4.78, 5) is 56.4. The average molecular weight is 642 g/mol. The summed E-state index contributed by atoms with van der Waals surface area (Å²) >= 11 is 0. The number of hydrogen-bond donors (Lipinski definition) is 3. The molecular weight excluding hydrogens is 602 g/mol. The molecule has 2 saturated heterocycles. The molecule has 0 radical (unpaired) electrons. The molecule has 12 nitrogen and oxygen atoms in total. The second-order valence-electron chi connectivity index (χ2n) is 12.1. The minimum absolute atomic E-state index is 0.0751. The van der Waals surface area contributed by atoms with Gasteiger partial charge in [0.1, 0.15) is 5.75 Å². The maximum atomic E-state index is 13.0. The molecular formula is C35H39N5O7. The predicted molar refractivity (Wildman–Crippen MR) is 176 cm³/mol. The van der Waals surface area contributed by atoms with Crippen molar-refractivity contribution in [2.75, 3.05) is 75.1 Å². The van der Waals surface area contributed by atoms with Gasteiger partial charge < -0.3 is 30.1 Å². The van der Waals surface area contributed by atoms with Crippen molar-refractivity contribution in [1.29, 1.82) is 0 Å². The third kappa shape index (κ3) is 7.39. The van der Waals surface area contributed by atoms with Crippen LogP contribution in [-0.2, 0) is 32.0 Å². The number of para-hydroxylation sites is 1. The molecule has 3 aromatic rings. The number of amides is 4. The van der Waals surface area contributed by atoms with E-state index in [1.165, 1.54) is 7.11 Å². The highest BCUT2D eigenvalue weighted by Crippen LogP contribution is 2.34. The van der Waals surface area contributed by atoms with Crippen molar-refractivity contribution in [3.63, 3.8) is 0 Å². The van der Waals surface area contributed by atoms with E-state index < -0.39 is 11.9 Å². The summed E-state index contributed by atoms with van der Waals surface area (Å²) in [6.45, 7) is 3.90. The maximum absolute atomic E-state index is 13.0. The van der Waals surface area contributed by atoms with Crippen molar-refractivity contribution in [3.8, 4) is 5.75 Å². The fourth-order valence-corrected chi connectivity index (χ4v) is 6.53. The third-order valence-corrected chi connectivity index (χ3v) is 9.08. The Balaban J connectivity index is 1.04.